The lowest BCUT2D eigenvalue weighted by molar-refractivity contribution is -0.295. The average molecular weight is 291 g/mol. The SMILES string of the molecule is COC1(C(=O)O)CC(O)C(NC(C)=O)C(C(O)C=O)O1. The molecule has 1 aliphatic heterocycles. The van der Waals surface area contributed by atoms with Gasteiger partial charge in [-0.1, -0.05) is 0 Å². The summed E-state index contributed by atoms with van der Waals surface area (Å²) in [4.78, 5) is 33.0. The van der Waals surface area contributed by atoms with Gasteiger partial charge in [-0.3, -0.25) is 4.79 Å². The van der Waals surface area contributed by atoms with Crippen LogP contribution in [0.5, 0.6) is 0 Å². The predicted octanol–water partition coefficient (Wildman–Crippen LogP) is -2.37. The Morgan fingerprint density at radius 1 is 1.55 bits per heavy atom. The Morgan fingerprint density at radius 2 is 2.15 bits per heavy atom. The fourth-order valence-electron chi connectivity index (χ4n) is 2.09. The van der Waals surface area contributed by atoms with Gasteiger partial charge in [-0.15, -0.1) is 0 Å². The summed E-state index contributed by atoms with van der Waals surface area (Å²) >= 11 is 0. The summed E-state index contributed by atoms with van der Waals surface area (Å²) < 4.78 is 9.91. The van der Waals surface area contributed by atoms with Crippen molar-refractivity contribution >= 4 is 18.2 Å². The standard InChI is InChI=1S/C11H17NO8/c1-5(14)12-8-6(15)3-11(19-2,10(17)18)20-9(8)7(16)4-13/h4,6-9,15-16H,3H2,1-2H3,(H,12,14)(H,17,18). The smallest absolute Gasteiger partial charge is 0.364 e. The molecule has 1 amide bonds. The molecule has 4 N–H and O–H groups in total. The maximum Gasteiger partial charge on any atom is 0.364 e. The Labute approximate surface area is 114 Å². The highest BCUT2D eigenvalue weighted by Crippen LogP contribution is 2.31. The molecule has 5 unspecified atom stereocenters. The van der Waals surface area contributed by atoms with E-state index in [0.29, 0.717) is 0 Å². The number of amides is 1. The molecule has 1 rings (SSSR count). The minimum Gasteiger partial charge on any atom is -0.477 e. The van der Waals surface area contributed by atoms with E-state index in [1.807, 2.05) is 0 Å². The highest BCUT2D eigenvalue weighted by molar-refractivity contribution is 5.77. The van der Waals surface area contributed by atoms with E-state index in [2.05, 4.69) is 5.32 Å². The van der Waals surface area contributed by atoms with Gasteiger partial charge in [0, 0.05) is 20.5 Å². The molecule has 5 atom stereocenters. The van der Waals surface area contributed by atoms with Crippen molar-refractivity contribution in [2.45, 2.75) is 43.5 Å². The first-order valence-corrected chi connectivity index (χ1v) is 5.82. The molecule has 0 aromatic rings. The van der Waals surface area contributed by atoms with E-state index in [-0.39, 0.29) is 6.29 Å². The van der Waals surface area contributed by atoms with Gasteiger partial charge >= 0.3 is 5.97 Å². The molecule has 9 heteroatoms. The van der Waals surface area contributed by atoms with Crippen molar-refractivity contribution in [2.24, 2.45) is 0 Å². The van der Waals surface area contributed by atoms with Crippen molar-refractivity contribution in [1.82, 2.24) is 5.32 Å². The first-order chi connectivity index (χ1) is 9.27. The maximum absolute atomic E-state index is 11.2. The van der Waals surface area contributed by atoms with Gasteiger partial charge in [0.1, 0.15) is 12.2 Å². The van der Waals surface area contributed by atoms with Crippen molar-refractivity contribution in [2.75, 3.05) is 7.11 Å². The molecule has 1 saturated heterocycles. The number of methoxy groups -OCH3 is 1. The third-order valence-electron chi connectivity index (χ3n) is 3.07. The number of carboxylic acid groups (broad SMARTS) is 1. The number of aliphatic hydroxyl groups excluding tert-OH is 2. The minimum atomic E-state index is -2.19. The number of rotatable bonds is 5. The lowest BCUT2D eigenvalue weighted by Gasteiger charge is -2.44. The summed E-state index contributed by atoms with van der Waals surface area (Å²) in [6.07, 6.45) is -4.89. The fourth-order valence-corrected chi connectivity index (χ4v) is 2.09. The second-order valence-electron chi connectivity index (χ2n) is 4.47. The van der Waals surface area contributed by atoms with Crippen LogP contribution in [-0.2, 0) is 23.9 Å². The Kier molecular flexibility index (Phi) is 5.17. The van der Waals surface area contributed by atoms with Gasteiger partial charge in [-0.05, 0) is 0 Å². The first-order valence-electron chi connectivity index (χ1n) is 5.82. The molecule has 0 aliphatic carbocycles. The summed E-state index contributed by atoms with van der Waals surface area (Å²) in [6, 6.07) is -1.13. The Hall–Kier alpha value is -1.55. The Bertz CT molecular complexity index is 400. The molecule has 1 heterocycles. The molecule has 0 aromatic carbocycles. The quantitative estimate of drug-likeness (QED) is 0.412. The largest absolute Gasteiger partial charge is 0.477 e. The first kappa shape index (κ1) is 16.5. The van der Waals surface area contributed by atoms with Crippen molar-refractivity contribution in [1.29, 1.82) is 0 Å². The number of hydrogen-bond acceptors (Lipinski definition) is 7. The number of aliphatic carboxylic acids is 1. The van der Waals surface area contributed by atoms with E-state index >= 15 is 0 Å². The van der Waals surface area contributed by atoms with Gasteiger partial charge < -0.3 is 34.9 Å². The van der Waals surface area contributed by atoms with Crippen molar-refractivity contribution in [3.63, 3.8) is 0 Å². The normalized spacial score (nSPS) is 35.1. The van der Waals surface area contributed by atoms with Crippen LogP contribution < -0.4 is 5.32 Å². The number of aliphatic hydroxyl groups is 2. The van der Waals surface area contributed by atoms with Crippen LogP contribution in [-0.4, -0.2) is 70.7 Å². The molecule has 9 nitrogen and oxygen atoms in total. The van der Waals surface area contributed by atoms with Gasteiger partial charge in [0.25, 0.3) is 5.79 Å². The van der Waals surface area contributed by atoms with Crippen molar-refractivity contribution in [3.8, 4) is 0 Å². The van der Waals surface area contributed by atoms with Gasteiger partial charge in [0.05, 0.1) is 12.1 Å². The van der Waals surface area contributed by atoms with Crippen LogP contribution in [0.2, 0.25) is 0 Å². The van der Waals surface area contributed by atoms with Crippen molar-refractivity contribution < 1.29 is 39.2 Å². The van der Waals surface area contributed by atoms with Gasteiger partial charge in [0.2, 0.25) is 5.91 Å². The summed E-state index contributed by atoms with van der Waals surface area (Å²) in [6.45, 7) is 1.17. The molecule has 0 bridgehead atoms. The van der Waals surface area contributed by atoms with Crippen LogP contribution in [0.15, 0.2) is 0 Å². The zero-order valence-corrected chi connectivity index (χ0v) is 11.0. The zero-order valence-electron chi connectivity index (χ0n) is 11.0. The van der Waals surface area contributed by atoms with Crippen LogP contribution in [0.25, 0.3) is 0 Å². The van der Waals surface area contributed by atoms with Crippen LogP contribution in [0.1, 0.15) is 13.3 Å². The van der Waals surface area contributed by atoms with E-state index in [0.717, 1.165) is 7.11 Å². The highest BCUT2D eigenvalue weighted by Gasteiger charge is 2.54. The molecule has 0 aromatic heterocycles. The summed E-state index contributed by atoms with van der Waals surface area (Å²) in [5, 5.41) is 31.0. The average Bonchev–Trinajstić information content (AvgIpc) is 2.39. The predicted molar refractivity (Wildman–Crippen MR) is 62.5 cm³/mol. The minimum absolute atomic E-state index is 0.125. The summed E-state index contributed by atoms with van der Waals surface area (Å²) in [5.41, 5.74) is 0. The Morgan fingerprint density at radius 3 is 2.55 bits per heavy atom. The third-order valence-corrected chi connectivity index (χ3v) is 3.07. The zero-order chi connectivity index (χ0) is 15.5. The number of carboxylic acids is 1. The van der Waals surface area contributed by atoms with Gasteiger partial charge in [-0.25, -0.2) is 4.79 Å². The molecular weight excluding hydrogens is 274 g/mol. The van der Waals surface area contributed by atoms with Crippen LogP contribution in [0.3, 0.4) is 0 Å². The fraction of sp³-hybridized carbons (Fsp3) is 0.727. The van der Waals surface area contributed by atoms with E-state index in [4.69, 9.17) is 14.6 Å². The lowest BCUT2D eigenvalue weighted by atomic mass is 9.90. The van der Waals surface area contributed by atoms with E-state index in [1.165, 1.54) is 6.92 Å². The summed E-state index contributed by atoms with van der Waals surface area (Å²) in [5.74, 6) is -4.23. The topological polar surface area (TPSA) is 142 Å². The molecule has 0 radical (unpaired) electrons. The molecular formula is C11H17NO8. The monoisotopic (exact) mass is 291 g/mol. The highest BCUT2D eigenvalue weighted by atomic mass is 16.7. The lowest BCUT2D eigenvalue weighted by Crippen LogP contribution is -2.66. The number of carbonyl (C=O) groups is 3. The van der Waals surface area contributed by atoms with Crippen LogP contribution >= 0.6 is 0 Å². The van der Waals surface area contributed by atoms with Gasteiger partial charge in [0.15, 0.2) is 6.29 Å². The van der Waals surface area contributed by atoms with Gasteiger partial charge in [-0.2, -0.15) is 0 Å². The number of hydrogen-bond donors (Lipinski definition) is 4. The molecule has 0 spiro atoms. The van der Waals surface area contributed by atoms with E-state index in [1.54, 1.807) is 0 Å². The molecule has 1 aliphatic rings. The molecule has 20 heavy (non-hydrogen) atoms. The third kappa shape index (κ3) is 3.12. The van der Waals surface area contributed by atoms with E-state index < -0.39 is 48.4 Å². The maximum atomic E-state index is 11.2. The molecule has 114 valence electrons. The van der Waals surface area contributed by atoms with Crippen LogP contribution in [0, 0.1) is 0 Å². The van der Waals surface area contributed by atoms with E-state index in [9.17, 15) is 24.6 Å². The summed E-state index contributed by atoms with van der Waals surface area (Å²) in [7, 11) is 1.06. The molecule has 0 saturated carbocycles. The van der Waals surface area contributed by atoms with Crippen LogP contribution in [0.4, 0.5) is 0 Å². The van der Waals surface area contributed by atoms with Crippen molar-refractivity contribution in [3.05, 3.63) is 0 Å². The second-order valence-corrected chi connectivity index (χ2v) is 4.47. The second kappa shape index (κ2) is 6.27. The number of aldehydes is 1. The number of ether oxygens (including phenoxy) is 2. The number of carbonyl (C=O) groups excluding carboxylic acids is 2. The number of nitrogens with one attached hydrogen (secondary N) is 1. The Balaban J connectivity index is 3.10. The molecule has 1 fully saturated rings.